The van der Waals surface area contributed by atoms with Gasteiger partial charge in [-0.2, -0.15) is 0 Å². The van der Waals surface area contributed by atoms with E-state index in [-0.39, 0.29) is 64.5 Å². The molecule has 1 aliphatic rings. The Morgan fingerprint density at radius 3 is 1.75 bits per heavy atom. The van der Waals surface area contributed by atoms with Crippen LogP contribution in [0.15, 0.2) is 24.8 Å². The van der Waals surface area contributed by atoms with E-state index in [2.05, 4.69) is 16.0 Å². The van der Waals surface area contributed by atoms with Crippen molar-refractivity contribution in [2.24, 2.45) is 5.41 Å². The fourth-order valence-corrected chi connectivity index (χ4v) is 7.61. The zero-order valence-corrected chi connectivity index (χ0v) is 38.4. The largest absolute Gasteiger partial charge is 0.480 e. The zero-order valence-electron chi connectivity index (χ0n) is 38.4. The number of aliphatic carboxylic acids is 5. The SMILES string of the molecule is CC(NC(=O)NC(CCCCNC(=O)C(C)(C)CC(C)(C)N1Cc2n(cc[n+]2CC(=O)N(CCOCO)CC(=O)O)N(C)n2cc[n+](CC(=O)N(CC(=O)O)CC(=O)O)c2C1)C(=O)O)C(=O)O. The highest BCUT2D eigenvalue weighted by atomic mass is 16.6. The molecule has 2 aromatic heterocycles. The molecule has 0 bridgehead atoms. The van der Waals surface area contributed by atoms with Crippen LogP contribution in [-0.2, 0) is 69.3 Å². The molecule has 0 spiro atoms. The van der Waals surface area contributed by atoms with Crippen LogP contribution in [0.5, 0.6) is 0 Å². The van der Waals surface area contributed by atoms with Gasteiger partial charge in [0.15, 0.2) is 25.5 Å². The van der Waals surface area contributed by atoms with Crippen LogP contribution < -0.4 is 30.2 Å². The van der Waals surface area contributed by atoms with Crippen molar-refractivity contribution in [1.29, 1.82) is 0 Å². The Labute approximate surface area is 385 Å². The van der Waals surface area contributed by atoms with Crippen LogP contribution in [0.1, 0.15) is 72.0 Å². The predicted octanol–water partition coefficient (Wildman–Crippen LogP) is -3.20. The summed E-state index contributed by atoms with van der Waals surface area (Å²) in [4.78, 5) is 114. The van der Waals surface area contributed by atoms with Crippen molar-refractivity contribution in [3.8, 4) is 0 Å². The number of rotatable bonds is 27. The molecule has 372 valence electrons. The number of amides is 5. The number of aliphatic hydroxyl groups excluding tert-OH is 1. The minimum absolute atomic E-state index is 0.00579. The summed E-state index contributed by atoms with van der Waals surface area (Å²) >= 11 is 0. The molecule has 67 heavy (non-hydrogen) atoms. The third kappa shape index (κ3) is 15.9. The van der Waals surface area contributed by atoms with E-state index in [4.69, 9.17) is 14.9 Å². The van der Waals surface area contributed by atoms with Gasteiger partial charge < -0.3 is 61.1 Å². The second-order valence-electron chi connectivity index (χ2n) is 17.2. The van der Waals surface area contributed by atoms with E-state index < -0.39 is 104 Å². The Bertz CT molecular complexity index is 2120. The number of aromatic nitrogens is 4. The Kier molecular flexibility index (Phi) is 19.6. The van der Waals surface area contributed by atoms with Gasteiger partial charge in [-0.15, -0.1) is 0 Å². The van der Waals surface area contributed by atoms with Crippen molar-refractivity contribution < 1.29 is 87.7 Å². The van der Waals surface area contributed by atoms with E-state index in [1.165, 1.54) is 6.92 Å². The number of carboxylic acid groups (broad SMARTS) is 5. The molecule has 5 amide bonds. The number of nitrogens with one attached hydrogen (secondary N) is 3. The van der Waals surface area contributed by atoms with Crippen molar-refractivity contribution in [3.63, 3.8) is 0 Å². The smallest absolute Gasteiger partial charge is 0.326 e. The minimum atomic E-state index is -1.40. The fourth-order valence-electron chi connectivity index (χ4n) is 7.61. The molecule has 1 aliphatic heterocycles. The predicted molar refractivity (Wildman–Crippen MR) is 227 cm³/mol. The van der Waals surface area contributed by atoms with Crippen LogP contribution in [0.4, 0.5) is 4.79 Å². The molecule has 2 atom stereocenters. The molecule has 3 heterocycles. The van der Waals surface area contributed by atoms with Crippen molar-refractivity contribution in [3.05, 3.63) is 36.4 Å². The van der Waals surface area contributed by atoms with Crippen molar-refractivity contribution in [2.75, 3.05) is 58.3 Å². The summed E-state index contributed by atoms with van der Waals surface area (Å²) in [6.45, 7) is 4.87. The molecule has 0 fully saturated rings. The van der Waals surface area contributed by atoms with Gasteiger partial charge in [0.25, 0.3) is 23.5 Å². The summed E-state index contributed by atoms with van der Waals surface area (Å²) in [5, 5.41) is 64.9. The summed E-state index contributed by atoms with van der Waals surface area (Å²) in [6, 6.07) is -3.52. The number of carboxylic acids is 5. The Balaban J connectivity index is 1.93. The molecule has 0 radical (unpaired) electrons. The van der Waals surface area contributed by atoms with E-state index in [0.717, 1.165) is 4.90 Å². The lowest BCUT2D eigenvalue weighted by atomic mass is 9.78. The van der Waals surface area contributed by atoms with E-state index in [0.29, 0.717) is 23.0 Å². The first kappa shape index (κ1) is 54.5. The molecule has 9 N–H and O–H groups in total. The number of unbranched alkanes of at least 4 members (excludes halogenated alkanes) is 1. The van der Waals surface area contributed by atoms with Gasteiger partial charge in [-0.1, -0.05) is 28.3 Å². The highest BCUT2D eigenvalue weighted by Crippen LogP contribution is 2.34. The van der Waals surface area contributed by atoms with Crippen LogP contribution in [0.25, 0.3) is 0 Å². The Morgan fingerprint density at radius 2 is 1.27 bits per heavy atom. The first-order valence-corrected chi connectivity index (χ1v) is 21.2. The van der Waals surface area contributed by atoms with E-state index in [1.807, 2.05) is 18.7 Å². The number of imidazole rings is 2. The molecule has 3 rings (SSSR count). The van der Waals surface area contributed by atoms with Crippen molar-refractivity contribution >= 4 is 53.6 Å². The van der Waals surface area contributed by atoms with Gasteiger partial charge >= 0.3 is 35.9 Å². The third-order valence-electron chi connectivity index (χ3n) is 11.0. The molecule has 0 aromatic carbocycles. The maximum Gasteiger partial charge on any atom is 0.326 e. The standard InChI is InChI=1S/C40H61N11O16/c1-26(35(61)62)42-38(66)43-27(36(63)64)9-7-8-10-41-37(65)39(2,3)24-40(4,5)49-17-28-45(19-30(53)47(21-32(55)56)15-16-67-25-52)11-13-50(28)44(6)51-14-12-46(29(51)18-49)20-31(54)48(22-33(57)58)23-34(59)60/h11-14,26-27,52H,7-10,15-25H2,1-6H3,(H6-2,41,42,43,55,56,57,58,59,60,61,62,63,64,65,66)/p+2. The van der Waals surface area contributed by atoms with Gasteiger partial charge in [0.05, 0.1) is 13.7 Å². The Hall–Kier alpha value is -6.87. The normalized spacial score (nSPS) is 13.7. The number of hydrogen-bond acceptors (Lipinski definition) is 13. The number of carbonyl (C=O) groups excluding carboxylic acids is 4. The fraction of sp³-hybridized carbons (Fsp3) is 0.625. The van der Waals surface area contributed by atoms with Gasteiger partial charge in [-0.25, -0.2) is 18.7 Å². The average Bonchev–Trinajstić information content (AvgIpc) is 3.79. The molecule has 27 nitrogen and oxygen atoms in total. The highest BCUT2D eigenvalue weighted by molar-refractivity contribution is 5.86. The van der Waals surface area contributed by atoms with Gasteiger partial charge in [0, 0.05) is 24.0 Å². The summed E-state index contributed by atoms with van der Waals surface area (Å²) in [6.07, 6.45) is 7.31. The lowest BCUT2D eigenvalue weighted by molar-refractivity contribution is -0.697. The maximum atomic E-state index is 13.8. The van der Waals surface area contributed by atoms with Gasteiger partial charge in [0.2, 0.25) is 5.91 Å². The molecule has 0 saturated carbocycles. The van der Waals surface area contributed by atoms with Crippen LogP contribution in [0.2, 0.25) is 0 Å². The van der Waals surface area contributed by atoms with E-state index in [9.17, 15) is 63.6 Å². The Morgan fingerprint density at radius 1 is 0.761 bits per heavy atom. The number of hydrogen-bond donors (Lipinski definition) is 9. The second kappa shape index (κ2) is 24.1. The van der Waals surface area contributed by atoms with E-state index in [1.54, 1.807) is 69.3 Å². The molecular weight excluding hydrogens is 891 g/mol. The molecule has 27 heteroatoms. The number of fused-ring (bicyclic) bond motifs is 2. The van der Waals surface area contributed by atoms with Gasteiger partial charge in [0.1, 0.15) is 64.0 Å². The van der Waals surface area contributed by atoms with E-state index >= 15 is 0 Å². The summed E-state index contributed by atoms with van der Waals surface area (Å²) in [7, 11) is 1.70. The quantitative estimate of drug-likeness (QED) is 0.0242. The lowest BCUT2D eigenvalue weighted by Crippen LogP contribution is -2.57. The second-order valence-corrected chi connectivity index (χ2v) is 17.2. The molecule has 2 aromatic rings. The van der Waals surface area contributed by atoms with Crippen molar-refractivity contribution in [2.45, 2.75) is 104 Å². The maximum absolute atomic E-state index is 13.8. The van der Waals surface area contributed by atoms with Crippen LogP contribution in [0.3, 0.4) is 0 Å². The summed E-state index contributed by atoms with van der Waals surface area (Å²) < 4.78 is 11.5. The van der Waals surface area contributed by atoms with Gasteiger partial charge in [-0.3, -0.25) is 38.5 Å². The number of aliphatic hydroxyl groups is 1. The van der Waals surface area contributed by atoms with Crippen LogP contribution in [0, 0.1) is 5.41 Å². The first-order valence-electron chi connectivity index (χ1n) is 21.2. The summed E-state index contributed by atoms with van der Waals surface area (Å²) in [5.74, 6) is -7.35. The van der Waals surface area contributed by atoms with Crippen LogP contribution >= 0.6 is 0 Å². The van der Waals surface area contributed by atoms with Crippen molar-refractivity contribution in [1.82, 2.24) is 40.0 Å². The molecular formula is C40H63N11O16+2. The number of urea groups is 1. The molecule has 0 aliphatic carbocycles. The number of nitrogens with zero attached hydrogens (tertiary/aromatic N) is 8. The average molecular weight is 954 g/mol. The van der Waals surface area contributed by atoms with Crippen LogP contribution in [-0.4, -0.2) is 179 Å². The minimum Gasteiger partial charge on any atom is -0.480 e. The summed E-state index contributed by atoms with van der Waals surface area (Å²) in [5.41, 5.74) is -1.95. The lowest BCUT2D eigenvalue weighted by Gasteiger charge is -2.42. The third-order valence-corrected chi connectivity index (χ3v) is 11.0. The zero-order chi connectivity index (χ0) is 50.4. The number of ether oxygens (including phenoxy) is 1. The molecule has 0 saturated heterocycles. The first-order chi connectivity index (χ1) is 31.3. The molecule has 2 unspecified atom stereocenters. The van der Waals surface area contributed by atoms with Gasteiger partial charge in [-0.05, 0) is 46.5 Å². The highest BCUT2D eigenvalue weighted by Gasteiger charge is 2.44. The monoisotopic (exact) mass is 953 g/mol. The number of carbonyl (C=O) groups is 9. The topological polar surface area (TPSA) is 351 Å².